The van der Waals surface area contributed by atoms with Gasteiger partial charge in [0.15, 0.2) is 5.82 Å². The molecule has 0 saturated heterocycles. The first-order valence-corrected chi connectivity index (χ1v) is 6.92. The molecule has 0 atom stereocenters. The van der Waals surface area contributed by atoms with Gasteiger partial charge in [0.1, 0.15) is 0 Å². The maximum Gasteiger partial charge on any atom is 0.155 e. The molecule has 0 aliphatic heterocycles. The highest BCUT2D eigenvalue weighted by atomic mass is 15.3. The molecular weight excluding hydrogens is 272 g/mol. The van der Waals surface area contributed by atoms with Gasteiger partial charge in [-0.2, -0.15) is 10.4 Å². The molecule has 1 heterocycles. The third-order valence-corrected chi connectivity index (χ3v) is 3.20. The summed E-state index contributed by atoms with van der Waals surface area (Å²) in [6, 6.07) is 21.2. The number of nitriles is 1. The van der Waals surface area contributed by atoms with Crippen LogP contribution in [-0.4, -0.2) is 16.0 Å². The molecular formula is C18H14N4. The molecule has 0 unspecified atom stereocenters. The van der Waals surface area contributed by atoms with E-state index in [1.54, 1.807) is 18.3 Å². The van der Waals surface area contributed by atoms with Crippen LogP contribution in [0.1, 0.15) is 16.8 Å². The number of hydrogen-bond acceptors (Lipinski definition) is 3. The zero-order valence-corrected chi connectivity index (χ0v) is 12.1. The number of aryl methyl sites for hydroxylation is 1. The summed E-state index contributed by atoms with van der Waals surface area (Å²) in [7, 11) is 0. The van der Waals surface area contributed by atoms with Crippen molar-refractivity contribution in [2.24, 2.45) is 4.99 Å². The quantitative estimate of drug-likeness (QED) is 0.688. The van der Waals surface area contributed by atoms with E-state index < -0.39 is 0 Å². The Morgan fingerprint density at radius 2 is 1.82 bits per heavy atom. The lowest BCUT2D eigenvalue weighted by Crippen LogP contribution is -1.95. The molecule has 3 aromatic rings. The average molecular weight is 286 g/mol. The highest BCUT2D eigenvalue weighted by Crippen LogP contribution is 2.19. The number of aromatic nitrogens is 2. The van der Waals surface area contributed by atoms with Gasteiger partial charge in [-0.05, 0) is 36.8 Å². The second-order valence-electron chi connectivity index (χ2n) is 4.88. The van der Waals surface area contributed by atoms with E-state index in [0.717, 1.165) is 22.8 Å². The minimum atomic E-state index is 0.641. The van der Waals surface area contributed by atoms with Gasteiger partial charge in [0.2, 0.25) is 0 Å². The molecule has 0 aliphatic carbocycles. The van der Waals surface area contributed by atoms with Crippen LogP contribution in [0.25, 0.3) is 5.69 Å². The predicted octanol–water partition coefficient (Wildman–Crippen LogP) is 3.80. The summed E-state index contributed by atoms with van der Waals surface area (Å²) >= 11 is 0. The highest BCUT2D eigenvalue weighted by Gasteiger charge is 2.05. The Kier molecular flexibility index (Phi) is 3.80. The zero-order valence-electron chi connectivity index (χ0n) is 12.1. The van der Waals surface area contributed by atoms with Gasteiger partial charge < -0.3 is 0 Å². The van der Waals surface area contributed by atoms with Gasteiger partial charge in [-0.1, -0.05) is 30.3 Å². The Balaban J connectivity index is 1.92. The Bertz CT molecular complexity index is 837. The molecule has 4 heteroatoms. The number of hydrogen-bond donors (Lipinski definition) is 0. The van der Waals surface area contributed by atoms with Crippen molar-refractivity contribution in [1.82, 2.24) is 9.78 Å². The first-order chi connectivity index (χ1) is 10.8. The van der Waals surface area contributed by atoms with Crippen LogP contribution in [0.2, 0.25) is 0 Å². The van der Waals surface area contributed by atoms with Crippen molar-refractivity contribution in [3.8, 4) is 11.8 Å². The van der Waals surface area contributed by atoms with Crippen LogP contribution >= 0.6 is 0 Å². The molecule has 0 amide bonds. The molecule has 0 radical (unpaired) electrons. The van der Waals surface area contributed by atoms with E-state index in [0.29, 0.717) is 5.56 Å². The second kappa shape index (κ2) is 6.06. The normalized spacial score (nSPS) is 10.7. The monoisotopic (exact) mass is 286 g/mol. The van der Waals surface area contributed by atoms with Gasteiger partial charge in [-0.3, -0.25) is 0 Å². The topological polar surface area (TPSA) is 54.0 Å². The fourth-order valence-corrected chi connectivity index (χ4v) is 2.12. The fraction of sp³-hybridized carbons (Fsp3) is 0.0556. The van der Waals surface area contributed by atoms with Crippen LogP contribution < -0.4 is 0 Å². The van der Waals surface area contributed by atoms with Crippen molar-refractivity contribution < 1.29 is 0 Å². The molecule has 22 heavy (non-hydrogen) atoms. The van der Waals surface area contributed by atoms with Crippen LogP contribution in [0.5, 0.6) is 0 Å². The number of rotatable bonds is 3. The molecule has 0 aliphatic rings. The van der Waals surface area contributed by atoms with Crippen LogP contribution in [0.4, 0.5) is 5.82 Å². The van der Waals surface area contributed by atoms with Crippen LogP contribution in [0.15, 0.2) is 65.7 Å². The minimum Gasteiger partial charge on any atom is -0.236 e. The Labute approximate surface area is 129 Å². The van der Waals surface area contributed by atoms with Crippen molar-refractivity contribution in [2.75, 3.05) is 0 Å². The smallest absolute Gasteiger partial charge is 0.155 e. The Morgan fingerprint density at radius 3 is 2.50 bits per heavy atom. The van der Waals surface area contributed by atoms with E-state index in [1.807, 2.05) is 60.1 Å². The predicted molar refractivity (Wildman–Crippen MR) is 86.7 cm³/mol. The number of nitrogens with zero attached hydrogens (tertiary/aromatic N) is 4. The summed E-state index contributed by atoms with van der Waals surface area (Å²) in [5.74, 6) is 0.771. The van der Waals surface area contributed by atoms with Crippen molar-refractivity contribution in [2.45, 2.75) is 6.92 Å². The summed E-state index contributed by atoms with van der Waals surface area (Å²) in [6.07, 6.45) is 1.77. The van der Waals surface area contributed by atoms with E-state index in [2.05, 4.69) is 16.2 Å². The number of benzene rings is 2. The van der Waals surface area contributed by atoms with Crippen LogP contribution in [0, 0.1) is 18.3 Å². The molecule has 1 aromatic heterocycles. The van der Waals surface area contributed by atoms with Gasteiger partial charge in [-0.25, -0.2) is 9.67 Å². The minimum absolute atomic E-state index is 0.641. The molecule has 3 rings (SSSR count). The number of para-hydroxylation sites is 1. The molecule has 2 aromatic carbocycles. The Hall–Kier alpha value is -3.19. The zero-order chi connectivity index (χ0) is 15.4. The maximum atomic E-state index is 8.81. The van der Waals surface area contributed by atoms with Crippen molar-refractivity contribution >= 4 is 12.0 Å². The van der Waals surface area contributed by atoms with Gasteiger partial charge in [-0.15, -0.1) is 0 Å². The Morgan fingerprint density at radius 1 is 1.09 bits per heavy atom. The lowest BCUT2D eigenvalue weighted by atomic mass is 10.2. The standard InChI is InChI=1S/C18H14N4/c1-14-11-18(22(21-14)17-5-3-2-4-6-17)20-13-16-9-7-15(12-19)8-10-16/h2-11,13H,1H3. The van der Waals surface area contributed by atoms with E-state index in [9.17, 15) is 0 Å². The van der Waals surface area contributed by atoms with Crippen molar-refractivity contribution in [3.63, 3.8) is 0 Å². The molecule has 0 saturated carbocycles. The largest absolute Gasteiger partial charge is 0.236 e. The SMILES string of the molecule is Cc1cc(N=Cc2ccc(C#N)cc2)n(-c2ccccc2)n1. The second-order valence-corrected chi connectivity index (χ2v) is 4.88. The third kappa shape index (κ3) is 2.94. The summed E-state index contributed by atoms with van der Waals surface area (Å²) in [6.45, 7) is 1.94. The summed E-state index contributed by atoms with van der Waals surface area (Å²) in [4.78, 5) is 4.52. The molecule has 0 fully saturated rings. The van der Waals surface area contributed by atoms with Gasteiger partial charge in [0.05, 0.1) is 23.0 Å². The van der Waals surface area contributed by atoms with Crippen molar-refractivity contribution in [3.05, 3.63) is 77.5 Å². The van der Waals surface area contributed by atoms with Gasteiger partial charge in [0.25, 0.3) is 0 Å². The maximum absolute atomic E-state index is 8.81. The van der Waals surface area contributed by atoms with E-state index >= 15 is 0 Å². The highest BCUT2D eigenvalue weighted by molar-refractivity contribution is 5.81. The average Bonchev–Trinajstić information content (AvgIpc) is 2.95. The summed E-state index contributed by atoms with van der Waals surface area (Å²) in [5, 5.41) is 13.3. The third-order valence-electron chi connectivity index (χ3n) is 3.20. The molecule has 0 N–H and O–H groups in total. The van der Waals surface area contributed by atoms with Crippen molar-refractivity contribution in [1.29, 1.82) is 5.26 Å². The fourth-order valence-electron chi connectivity index (χ4n) is 2.12. The lowest BCUT2D eigenvalue weighted by molar-refractivity contribution is 0.863. The summed E-state index contributed by atoms with van der Waals surface area (Å²) in [5.41, 5.74) is 3.47. The van der Waals surface area contributed by atoms with E-state index in [1.165, 1.54) is 0 Å². The van der Waals surface area contributed by atoms with Gasteiger partial charge in [0, 0.05) is 12.3 Å². The van der Waals surface area contributed by atoms with E-state index in [4.69, 9.17) is 5.26 Å². The lowest BCUT2D eigenvalue weighted by Gasteiger charge is -2.03. The summed E-state index contributed by atoms with van der Waals surface area (Å²) < 4.78 is 1.81. The molecule has 0 bridgehead atoms. The first-order valence-electron chi connectivity index (χ1n) is 6.92. The van der Waals surface area contributed by atoms with Crippen LogP contribution in [-0.2, 0) is 0 Å². The molecule has 106 valence electrons. The number of aliphatic imine (C=N–C) groups is 1. The van der Waals surface area contributed by atoms with E-state index in [-0.39, 0.29) is 0 Å². The molecule has 0 spiro atoms. The first kappa shape index (κ1) is 13.8. The van der Waals surface area contributed by atoms with Crippen LogP contribution in [0.3, 0.4) is 0 Å². The molecule has 4 nitrogen and oxygen atoms in total. The van der Waals surface area contributed by atoms with Gasteiger partial charge >= 0.3 is 0 Å².